The highest BCUT2D eigenvalue weighted by atomic mass is 16.6. The van der Waals surface area contributed by atoms with Crippen LogP contribution in [0.3, 0.4) is 0 Å². The number of para-hydroxylation sites is 1. The predicted octanol–water partition coefficient (Wildman–Crippen LogP) is 4.44. The van der Waals surface area contributed by atoms with Crippen LogP contribution < -0.4 is 10.2 Å². The summed E-state index contributed by atoms with van der Waals surface area (Å²) in [5.41, 5.74) is 0.504. The Labute approximate surface area is 176 Å². The number of piperidine rings is 1. The van der Waals surface area contributed by atoms with Crippen molar-refractivity contribution < 1.29 is 14.3 Å². The van der Waals surface area contributed by atoms with E-state index in [4.69, 9.17) is 4.74 Å². The van der Waals surface area contributed by atoms with E-state index < -0.39 is 5.60 Å². The molecule has 0 spiro atoms. The van der Waals surface area contributed by atoms with E-state index in [1.807, 2.05) is 76.8 Å². The first-order valence-electron chi connectivity index (χ1n) is 10.9. The summed E-state index contributed by atoms with van der Waals surface area (Å²) in [4.78, 5) is 28.5. The van der Waals surface area contributed by atoms with Crippen LogP contribution in [0, 0.1) is 0 Å². The minimum atomic E-state index is -0.477. The highest BCUT2D eigenvalue weighted by Crippen LogP contribution is 2.24. The van der Waals surface area contributed by atoms with Gasteiger partial charge in [-0.15, -0.1) is 0 Å². The van der Waals surface area contributed by atoms with Gasteiger partial charge in [-0.2, -0.15) is 0 Å². The topological polar surface area (TPSA) is 61.9 Å². The first-order chi connectivity index (χ1) is 13.8. The smallest absolute Gasteiger partial charge is 0.407 e. The van der Waals surface area contributed by atoms with Gasteiger partial charge in [-0.1, -0.05) is 39.0 Å². The van der Waals surface area contributed by atoms with E-state index in [2.05, 4.69) is 10.2 Å². The Morgan fingerprint density at radius 3 is 2.24 bits per heavy atom. The summed E-state index contributed by atoms with van der Waals surface area (Å²) >= 11 is 0. The lowest BCUT2D eigenvalue weighted by Crippen LogP contribution is -2.49. The van der Waals surface area contributed by atoms with Crippen molar-refractivity contribution >= 4 is 17.7 Å². The van der Waals surface area contributed by atoms with Crippen LogP contribution >= 0.6 is 0 Å². The van der Waals surface area contributed by atoms with Crippen molar-refractivity contribution in [1.29, 1.82) is 0 Å². The Balaban J connectivity index is 0.00000204. The second-order valence-corrected chi connectivity index (χ2v) is 7.95. The zero-order valence-corrected chi connectivity index (χ0v) is 19.0. The molecule has 1 heterocycles. The molecule has 2 amide bonds. The molecule has 1 aliphatic heterocycles. The lowest BCUT2D eigenvalue weighted by atomic mass is 10.0. The van der Waals surface area contributed by atoms with Crippen LogP contribution in [-0.4, -0.2) is 54.7 Å². The summed E-state index contributed by atoms with van der Waals surface area (Å²) < 4.78 is 5.25. The van der Waals surface area contributed by atoms with Crippen LogP contribution in [0.5, 0.6) is 0 Å². The van der Waals surface area contributed by atoms with Crippen molar-refractivity contribution in [1.82, 2.24) is 10.2 Å². The average molecular weight is 406 g/mol. The fraction of sp³-hybridized carbons (Fsp3) is 0.652. The van der Waals surface area contributed by atoms with Gasteiger partial charge in [0.15, 0.2) is 0 Å². The van der Waals surface area contributed by atoms with Crippen molar-refractivity contribution in [2.24, 2.45) is 0 Å². The van der Waals surface area contributed by atoms with Gasteiger partial charge in [0.25, 0.3) is 0 Å². The fourth-order valence-electron chi connectivity index (χ4n) is 3.35. The van der Waals surface area contributed by atoms with E-state index in [0.29, 0.717) is 13.0 Å². The van der Waals surface area contributed by atoms with Crippen molar-refractivity contribution in [2.75, 3.05) is 31.1 Å². The number of hydrogen-bond acceptors (Lipinski definition) is 4. The molecule has 1 fully saturated rings. The number of benzene rings is 1. The number of rotatable bonds is 6. The van der Waals surface area contributed by atoms with E-state index in [1.165, 1.54) is 0 Å². The minimum absolute atomic E-state index is 0.172. The van der Waals surface area contributed by atoms with Crippen molar-refractivity contribution in [2.45, 2.75) is 72.4 Å². The van der Waals surface area contributed by atoms with Gasteiger partial charge in [0.1, 0.15) is 5.60 Å². The summed E-state index contributed by atoms with van der Waals surface area (Å²) in [7, 11) is 0. The molecule has 0 radical (unpaired) electrons. The van der Waals surface area contributed by atoms with Gasteiger partial charge in [-0.25, -0.2) is 4.79 Å². The zero-order valence-electron chi connectivity index (χ0n) is 19.0. The number of hydrogen-bond donors (Lipinski definition) is 1. The summed E-state index contributed by atoms with van der Waals surface area (Å²) in [5.74, 6) is 0.172. The largest absolute Gasteiger partial charge is 0.444 e. The third-order valence-electron chi connectivity index (χ3n) is 4.62. The fourth-order valence-corrected chi connectivity index (χ4v) is 3.35. The molecule has 1 aromatic carbocycles. The number of anilines is 1. The van der Waals surface area contributed by atoms with Gasteiger partial charge < -0.3 is 19.9 Å². The standard InChI is InChI=1S/C21H33N3O3.C2H6/c1-5-19(25)24(17-9-7-6-8-10-17)18-11-14-23(15-12-18)16-13-22-20(26)27-21(2,3)4;1-2/h6-10,18H,5,11-16H2,1-4H3,(H,22,26);1-2H3. The molecule has 1 saturated heterocycles. The number of carbonyl (C=O) groups excluding carboxylic acids is 2. The third kappa shape index (κ3) is 8.86. The normalized spacial score (nSPS) is 15.1. The summed E-state index contributed by atoms with van der Waals surface area (Å²) in [6.45, 7) is 14.7. The minimum Gasteiger partial charge on any atom is -0.444 e. The van der Waals surface area contributed by atoms with E-state index >= 15 is 0 Å². The maximum Gasteiger partial charge on any atom is 0.407 e. The second-order valence-electron chi connectivity index (χ2n) is 7.95. The summed E-state index contributed by atoms with van der Waals surface area (Å²) in [5, 5.41) is 2.81. The Hall–Kier alpha value is -2.08. The van der Waals surface area contributed by atoms with Crippen LogP contribution in [0.4, 0.5) is 10.5 Å². The van der Waals surface area contributed by atoms with Gasteiger partial charge in [-0.05, 0) is 45.7 Å². The van der Waals surface area contributed by atoms with Crippen molar-refractivity contribution in [3.8, 4) is 0 Å². The molecule has 0 aliphatic carbocycles. The molecule has 1 aliphatic rings. The van der Waals surface area contributed by atoms with Gasteiger partial charge in [0.2, 0.25) is 5.91 Å². The number of likely N-dealkylation sites (tertiary alicyclic amines) is 1. The maximum atomic E-state index is 12.5. The van der Waals surface area contributed by atoms with Crippen molar-refractivity contribution in [3.63, 3.8) is 0 Å². The predicted molar refractivity (Wildman–Crippen MR) is 119 cm³/mol. The first-order valence-corrected chi connectivity index (χ1v) is 10.9. The summed E-state index contributed by atoms with van der Waals surface area (Å²) in [6.07, 6.45) is 2.01. The monoisotopic (exact) mass is 405 g/mol. The maximum absolute atomic E-state index is 12.5. The molecule has 6 nitrogen and oxygen atoms in total. The number of nitrogens with one attached hydrogen (secondary N) is 1. The molecular weight excluding hydrogens is 366 g/mol. The molecule has 0 saturated carbocycles. The van der Waals surface area contributed by atoms with Gasteiger partial charge in [0, 0.05) is 44.3 Å². The lowest BCUT2D eigenvalue weighted by Gasteiger charge is -2.38. The molecule has 0 atom stereocenters. The zero-order chi connectivity index (χ0) is 21.9. The number of alkyl carbamates (subject to hydrolysis) is 1. The van der Waals surface area contributed by atoms with Crippen LogP contribution in [0.2, 0.25) is 0 Å². The number of carbonyl (C=O) groups is 2. The molecule has 164 valence electrons. The quantitative estimate of drug-likeness (QED) is 0.760. The number of amides is 2. The molecule has 1 aromatic rings. The molecule has 6 heteroatoms. The van der Waals surface area contributed by atoms with E-state index in [0.717, 1.165) is 38.2 Å². The number of nitrogens with zero attached hydrogens (tertiary/aromatic N) is 2. The Kier molecular flexibility index (Phi) is 10.7. The second kappa shape index (κ2) is 12.5. The van der Waals surface area contributed by atoms with Crippen LogP contribution in [0.15, 0.2) is 30.3 Å². The highest BCUT2D eigenvalue weighted by molar-refractivity contribution is 5.93. The Bertz CT molecular complexity index is 606. The Morgan fingerprint density at radius 2 is 1.72 bits per heavy atom. The molecule has 29 heavy (non-hydrogen) atoms. The molecule has 0 aromatic heterocycles. The third-order valence-corrected chi connectivity index (χ3v) is 4.62. The summed E-state index contributed by atoms with van der Waals surface area (Å²) in [6, 6.07) is 10.2. The average Bonchev–Trinajstić information content (AvgIpc) is 2.70. The lowest BCUT2D eigenvalue weighted by molar-refractivity contribution is -0.119. The van der Waals surface area contributed by atoms with Crippen LogP contribution in [0.1, 0.15) is 60.8 Å². The Morgan fingerprint density at radius 1 is 1.14 bits per heavy atom. The molecule has 1 N–H and O–H groups in total. The van der Waals surface area contributed by atoms with E-state index in [1.54, 1.807) is 0 Å². The van der Waals surface area contributed by atoms with Gasteiger partial charge in [0.05, 0.1) is 0 Å². The van der Waals surface area contributed by atoms with Gasteiger partial charge in [-0.3, -0.25) is 4.79 Å². The molecule has 2 rings (SSSR count). The SMILES string of the molecule is CC.CCC(=O)N(c1ccccc1)C1CCN(CCNC(=O)OC(C)(C)C)CC1. The van der Waals surface area contributed by atoms with Crippen molar-refractivity contribution in [3.05, 3.63) is 30.3 Å². The molecule has 0 bridgehead atoms. The highest BCUT2D eigenvalue weighted by Gasteiger charge is 2.28. The molecular formula is C23H39N3O3. The first kappa shape index (κ1) is 25.0. The van der Waals surface area contributed by atoms with Gasteiger partial charge >= 0.3 is 6.09 Å². The van der Waals surface area contributed by atoms with Crippen LogP contribution in [0.25, 0.3) is 0 Å². The molecule has 0 unspecified atom stereocenters. The number of ether oxygens (including phenoxy) is 1. The van der Waals surface area contributed by atoms with Crippen LogP contribution in [-0.2, 0) is 9.53 Å². The van der Waals surface area contributed by atoms with E-state index in [-0.39, 0.29) is 18.0 Å². The van der Waals surface area contributed by atoms with E-state index in [9.17, 15) is 9.59 Å².